The highest BCUT2D eigenvalue weighted by Crippen LogP contribution is 2.22. The SMILES string of the molecule is Cn1c2cnccc2c2nccnc21. The molecule has 3 heterocycles. The Labute approximate surface area is 80.2 Å². The lowest BCUT2D eigenvalue weighted by Crippen LogP contribution is -1.89. The molecule has 0 saturated carbocycles. The zero-order chi connectivity index (χ0) is 9.54. The Morgan fingerprint density at radius 1 is 1.14 bits per heavy atom. The number of aromatic nitrogens is 4. The zero-order valence-corrected chi connectivity index (χ0v) is 7.68. The van der Waals surface area contributed by atoms with Crippen molar-refractivity contribution in [2.75, 3.05) is 0 Å². The Morgan fingerprint density at radius 3 is 2.93 bits per heavy atom. The highest BCUT2D eigenvalue weighted by Gasteiger charge is 2.08. The second kappa shape index (κ2) is 2.51. The number of nitrogens with zero attached hydrogens (tertiary/aromatic N) is 4. The summed E-state index contributed by atoms with van der Waals surface area (Å²) < 4.78 is 2.00. The van der Waals surface area contributed by atoms with E-state index in [1.165, 1.54) is 0 Å². The molecule has 0 amide bonds. The fourth-order valence-corrected chi connectivity index (χ4v) is 1.73. The van der Waals surface area contributed by atoms with Gasteiger partial charge in [-0.15, -0.1) is 0 Å². The van der Waals surface area contributed by atoms with Gasteiger partial charge in [0.15, 0.2) is 5.65 Å². The van der Waals surface area contributed by atoms with Gasteiger partial charge in [-0.1, -0.05) is 0 Å². The van der Waals surface area contributed by atoms with E-state index in [-0.39, 0.29) is 0 Å². The summed E-state index contributed by atoms with van der Waals surface area (Å²) in [6.45, 7) is 0. The summed E-state index contributed by atoms with van der Waals surface area (Å²) in [6.07, 6.45) is 7.02. The summed E-state index contributed by atoms with van der Waals surface area (Å²) >= 11 is 0. The average molecular weight is 184 g/mol. The van der Waals surface area contributed by atoms with Crippen molar-refractivity contribution >= 4 is 22.1 Å². The van der Waals surface area contributed by atoms with Crippen LogP contribution in [0.4, 0.5) is 0 Å². The van der Waals surface area contributed by atoms with E-state index in [0.29, 0.717) is 0 Å². The summed E-state index contributed by atoms with van der Waals surface area (Å²) in [5.41, 5.74) is 2.90. The molecule has 0 bridgehead atoms. The summed E-state index contributed by atoms with van der Waals surface area (Å²) in [5, 5.41) is 1.10. The van der Waals surface area contributed by atoms with Crippen LogP contribution < -0.4 is 0 Å². The van der Waals surface area contributed by atoms with Gasteiger partial charge in [-0.2, -0.15) is 0 Å². The number of aryl methyl sites for hydroxylation is 1. The maximum absolute atomic E-state index is 4.32. The molecule has 4 heteroatoms. The summed E-state index contributed by atoms with van der Waals surface area (Å²) in [4.78, 5) is 12.7. The van der Waals surface area contributed by atoms with Crippen LogP contribution >= 0.6 is 0 Å². The normalized spacial score (nSPS) is 11.2. The van der Waals surface area contributed by atoms with Gasteiger partial charge in [0.05, 0.1) is 11.7 Å². The van der Waals surface area contributed by atoms with Crippen molar-refractivity contribution in [1.29, 1.82) is 0 Å². The predicted octanol–water partition coefficient (Wildman–Crippen LogP) is 1.52. The lowest BCUT2D eigenvalue weighted by atomic mass is 10.3. The Hall–Kier alpha value is -1.97. The van der Waals surface area contributed by atoms with Gasteiger partial charge in [-0.25, -0.2) is 4.98 Å². The quantitative estimate of drug-likeness (QED) is 0.532. The lowest BCUT2D eigenvalue weighted by Gasteiger charge is -1.93. The van der Waals surface area contributed by atoms with E-state index in [2.05, 4.69) is 15.0 Å². The van der Waals surface area contributed by atoms with E-state index in [0.717, 1.165) is 22.1 Å². The van der Waals surface area contributed by atoms with Crippen LogP contribution in [0.3, 0.4) is 0 Å². The molecule has 68 valence electrons. The first kappa shape index (κ1) is 7.44. The average Bonchev–Trinajstić information content (AvgIpc) is 2.55. The van der Waals surface area contributed by atoms with Crippen LogP contribution in [-0.2, 0) is 7.05 Å². The topological polar surface area (TPSA) is 43.6 Å². The summed E-state index contributed by atoms with van der Waals surface area (Å²) in [6, 6.07) is 1.96. The molecule has 0 aromatic carbocycles. The van der Waals surface area contributed by atoms with Crippen LogP contribution in [0.15, 0.2) is 30.9 Å². The van der Waals surface area contributed by atoms with Crippen molar-refractivity contribution in [3.63, 3.8) is 0 Å². The second-order valence-corrected chi connectivity index (χ2v) is 3.18. The van der Waals surface area contributed by atoms with Gasteiger partial charge in [-0.3, -0.25) is 9.97 Å². The van der Waals surface area contributed by atoms with Crippen LogP contribution in [0.5, 0.6) is 0 Å². The van der Waals surface area contributed by atoms with Crippen molar-refractivity contribution in [2.24, 2.45) is 7.05 Å². The van der Waals surface area contributed by atoms with Crippen molar-refractivity contribution in [3.8, 4) is 0 Å². The Kier molecular flexibility index (Phi) is 1.33. The Balaban J connectivity index is 2.69. The third-order valence-electron chi connectivity index (χ3n) is 2.41. The van der Waals surface area contributed by atoms with Crippen LogP contribution in [0.1, 0.15) is 0 Å². The molecule has 0 spiro atoms. The minimum atomic E-state index is 0.899. The molecule has 0 fully saturated rings. The van der Waals surface area contributed by atoms with Gasteiger partial charge < -0.3 is 4.57 Å². The Morgan fingerprint density at radius 2 is 2.00 bits per heavy atom. The van der Waals surface area contributed by atoms with Crippen molar-refractivity contribution in [2.45, 2.75) is 0 Å². The molecule has 0 aliphatic carbocycles. The second-order valence-electron chi connectivity index (χ2n) is 3.18. The largest absolute Gasteiger partial charge is 0.326 e. The number of pyridine rings is 1. The first-order chi connectivity index (χ1) is 6.88. The predicted molar refractivity (Wildman–Crippen MR) is 53.8 cm³/mol. The van der Waals surface area contributed by atoms with Gasteiger partial charge >= 0.3 is 0 Å². The van der Waals surface area contributed by atoms with Gasteiger partial charge in [0.2, 0.25) is 0 Å². The van der Waals surface area contributed by atoms with E-state index in [9.17, 15) is 0 Å². The maximum atomic E-state index is 4.32. The van der Waals surface area contributed by atoms with E-state index < -0.39 is 0 Å². The summed E-state index contributed by atoms with van der Waals surface area (Å²) in [7, 11) is 1.97. The highest BCUT2D eigenvalue weighted by atomic mass is 15.0. The van der Waals surface area contributed by atoms with E-state index in [4.69, 9.17) is 0 Å². The van der Waals surface area contributed by atoms with Crippen LogP contribution in [0, 0.1) is 0 Å². The number of hydrogen-bond donors (Lipinski definition) is 0. The zero-order valence-electron chi connectivity index (χ0n) is 7.68. The molecule has 0 unspecified atom stereocenters. The van der Waals surface area contributed by atoms with Crippen LogP contribution in [-0.4, -0.2) is 19.5 Å². The number of hydrogen-bond acceptors (Lipinski definition) is 3. The molecular formula is C10H8N4. The van der Waals surface area contributed by atoms with Gasteiger partial charge in [0, 0.05) is 31.0 Å². The number of fused-ring (bicyclic) bond motifs is 3. The van der Waals surface area contributed by atoms with E-state index in [1.807, 2.05) is 23.9 Å². The number of rotatable bonds is 0. The molecule has 0 aliphatic heterocycles. The van der Waals surface area contributed by atoms with Crippen LogP contribution in [0.2, 0.25) is 0 Å². The minimum absolute atomic E-state index is 0.899. The van der Waals surface area contributed by atoms with Gasteiger partial charge in [-0.05, 0) is 6.07 Å². The fourth-order valence-electron chi connectivity index (χ4n) is 1.73. The highest BCUT2D eigenvalue weighted by molar-refractivity contribution is 6.03. The standard InChI is InChI=1S/C10H8N4/c1-14-8-6-11-3-2-7(8)9-10(14)13-5-4-12-9/h2-6H,1H3. The first-order valence-electron chi connectivity index (χ1n) is 4.37. The first-order valence-corrected chi connectivity index (χ1v) is 4.37. The van der Waals surface area contributed by atoms with Crippen LogP contribution in [0.25, 0.3) is 22.1 Å². The van der Waals surface area contributed by atoms with Gasteiger partial charge in [0.1, 0.15) is 5.52 Å². The molecule has 4 nitrogen and oxygen atoms in total. The fraction of sp³-hybridized carbons (Fsp3) is 0.100. The molecule has 3 aromatic rings. The Bertz CT molecular complexity index is 558. The smallest absolute Gasteiger partial charge is 0.159 e. The van der Waals surface area contributed by atoms with E-state index in [1.54, 1.807) is 18.6 Å². The van der Waals surface area contributed by atoms with Crippen molar-refractivity contribution in [1.82, 2.24) is 19.5 Å². The third-order valence-corrected chi connectivity index (χ3v) is 2.41. The molecule has 3 aromatic heterocycles. The molecule has 0 N–H and O–H groups in total. The molecule has 0 saturated heterocycles. The monoisotopic (exact) mass is 184 g/mol. The van der Waals surface area contributed by atoms with Gasteiger partial charge in [0.25, 0.3) is 0 Å². The maximum Gasteiger partial charge on any atom is 0.159 e. The minimum Gasteiger partial charge on any atom is -0.326 e. The molecule has 0 aliphatic rings. The lowest BCUT2D eigenvalue weighted by molar-refractivity contribution is 0.981. The molecule has 0 atom stereocenters. The van der Waals surface area contributed by atoms with E-state index >= 15 is 0 Å². The molecular weight excluding hydrogens is 176 g/mol. The van der Waals surface area contributed by atoms with Crippen molar-refractivity contribution < 1.29 is 0 Å². The molecule has 3 rings (SSSR count). The van der Waals surface area contributed by atoms with Crippen molar-refractivity contribution in [3.05, 3.63) is 30.9 Å². The molecule has 14 heavy (non-hydrogen) atoms. The third kappa shape index (κ3) is 0.797. The molecule has 0 radical (unpaired) electrons. The summed E-state index contributed by atoms with van der Waals surface area (Å²) in [5.74, 6) is 0.